The standard InChI is InChI=1S/C23H28ClN2O7P/c24-10-13-26(12-5-11-25)34(27)32-22-8-3-1-6-20(22)30-18-16-28-14-15-29-17-19-31-21-7-2-4-9-23(21)33-34/h1-4,6-9H,5,10,12-19H2. The summed E-state index contributed by atoms with van der Waals surface area (Å²) in [5.74, 6) is 1.38. The molecule has 2 aromatic rings. The summed E-state index contributed by atoms with van der Waals surface area (Å²) >= 11 is 5.99. The van der Waals surface area contributed by atoms with Crippen molar-refractivity contribution < 1.29 is 32.6 Å². The Kier molecular flexibility index (Phi) is 10.8. The molecule has 0 saturated carbocycles. The van der Waals surface area contributed by atoms with E-state index in [-0.39, 0.29) is 50.1 Å². The average molecular weight is 511 g/mol. The Morgan fingerprint density at radius 2 is 1.26 bits per heavy atom. The molecular weight excluding hydrogens is 483 g/mol. The number of para-hydroxylation sites is 4. The number of hydrogen-bond acceptors (Lipinski definition) is 8. The van der Waals surface area contributed by atoms with E-state index < -0.39 is 7.75 Å². The fraction of sp³-hybridized carbons (Fsp3) is 0.435. The monoisotopic (exact) mass is 510 g/mol. The number of rotatable bonds is 5. The Bertz CT molecular complexity index is 926. The molecule has 9 nitrogen and oxygen atoms in total. The second-order valence-corrected chi connectivity index (χ2v) is 9.26. The van der Waals surface area contributed by atoms with Gasteiger partial charge in [-0.25, -0.2) is 4.57 Å². The largest absolute Gasteiger partial charge is 0.515 e. The topological polar surface area (TPSA) is 99.5 Å². The van der Waals surface area contributed by atoms with Gasteiger partial charge in [0, 0.05) is 25.4 Å². The van der Waals surface area contributed by atoms with Crippen molar-refractivity contribution in [3.05, 3.63) is 48.5 Å². The van der Waals surface area contributed by atoms with Gasteiger partial charge in [-0.1, -0.05) is 24.3 Å². The summed E-state index contributed by atoms with van der Waals surface area (Å²) in [5, 5.41) is 9.12. The number of hydrogen-bond donors (Lipinski definition) is 0. The van der Waals surface area contributed by atoms with E-state index in [1.165, 1.54) is 4.67 Å². The molecule has 34 heavy (non-hydrogen) atoms. The van der Waals surface area contributed by atoms with Crippen molar-refractivity contribution in [1.29, 1.82) is 5.26 Å². The summed E-state index contributed by atoms with van der Waals surface area (Å²) in [6.07, 6.45) is 0.110. The van der Waals surface area contributed by atoms with Crippen LogP contribution in [0.5, 0.6) is 23.0 Å². The van der Waals surface area contributed by atoms with Crippen LogP contribution in [-0.4, -0.2) is 63.3 Å². The highest BCUT2D eigenvalue weighted by atomic mass is 35.5. The fourth-order valence-electron chi connectivity index (χ4n) is 3.05. The summed E-state index contributed by atoms with van der Waals surface area (Å²) in [6.45, 7) is 2.35. The zero-order chi connectivity index (χ0) is 24.1. The molecule has 0 aromatic heterocycles. The molecule has 3 rings (SSSR count). The molecule has 0 unspecified atom stereocenters. The van der Waals surface area contributed by atoms with Gasteiger partial charge >= 0.3 is 7.75 Å². The van der Waals surface area contributed by atoms with Crippen LogP contribution >= 0.6 is 19.3 Å². The molecule has 0 aliphatic carbocycles. The molecular formula is C23H28ClN2O7P. The van der Waals surface area contributed by atoms with Gasteiger partial charge in [0.1, 0.15) is 13.2 Å². The first-order valence-corrected chi connectivity index (χ1v) is 13.0. The van der Waals surface area contributed by atoms with Gasteiger partial charge in [-0.2, -0.15) is 9.93 Å². The molecule has 2 aromatic carbocycles. The minimum atomic E-state index is -4.06. The molecule has 184 valence electrons. The highest BCUT2D eigenvalue weighted by Gasteiger charge is 2.38. The molecule has 1 aliphatic rings. The predicted octanol–water partition coefficient (Wildman–Crippen LogP) is 4.51. The first kappa shape index (κ1) is 26.1. The van der Waals surface area contributed by atoms with Crippen LogP contribution < -0.4 is 18.5 Å². The van der Waals surface area contributed by atoms with Crippen LogP contribution in [0.2, 0.25) is 0 Å². The van der Waals surface area contributed by atoms with E-state index in [0.29, 0.717) is 37.9 Å². The zero-order valence-corrected chi connectivity index (χ0v) is 20.4. The number of nitrogens with zero attached hydrogens (tertiary/aromatic N) is 2. The van der Waals surface area contributed by atoms with Gasteiger partial charge in [0.15, 0.2) is 23.0 Å². The molecule has 0 radical (unpaired) electrons. The van der Waals surface area contributed by atoms with Crippen molar-refractivity contribution in [2.24, 2.45) is 0 Å². The molecule has 0 N–H and O–H groups in total. The first-order valence-electron chi connectivity index (χ1n) is 10.9. The van der Waals surface area contributed by atoms with Gasteiger partial charge in [-0.15, -0.1) is 11.6 Å². The lowest BCUT2D eigenvalue weighted by atomic mass is 10.3. The van der Waals surface area contributed by atoms with E-state index in [4.69, 9.17) is 44.9 Å². The van der Waals surface area contributed by atoms with E-state index in [1.54, 1.807) is 48.5 Å². The maximum absolute atomic E-state index is 14.3. The summed E-state index contributed by atoms with van der Waals surface area (Å²) < 4.78 is 50.4. The number of ether oxygens (including phenoxy) is 4. The van der Waals surface area contributed by atoms with Crippen LogP contribution in [0.15, 0.2) is 48.5 Å². The van der Waals surface area contributed by atoms with Crippen LogP contribution in [-0.2, 0) is 14.0 Å². The smallest absolute Gasteiger partial charge is 0.487 e. The van der Waals surface area contributed by atoms with Crippen LogP contribution in [0.1, 0.15) is 6.42 Å². The van der Waals surface area contributed by atoms with Gasteiger partial charge in [0.25, 0.3) is 0 Å². The normalized spacial score (nSPS) is 16.9. The predicted molar refractivity (Wildman–Crippen MR) is 127 cm³/mol. The highest BCUT2D eigenvalue weighted by Crippen LogP contribution is 2.54. The number of nitriles is 1. The number of fused-ring (bicyclic) bond motifs is 2. The SMILES string of the molecule is N#CCCN(CCCl)P1(=O)Oc2ccccc2OCCOCCOCCOc2ccccc2O1. The quantitative estimate of drug-likeness (QED) is 0.425. The van der Waals surface area contributed by atoms with Crippen molar-refractivity contribution in [2.45, 2.75) is 6.42 Å². The molecule has 1 aliphatic heterocycles. The van der Waals surface area contributed by atoms with Crippen LogP contribution in [0, 0.1) is 11.3 Å². The van der Waals surface area contributed by atoms with Crippen molar-refractivity contribution in [1.82, 2.24) is 4.67 Å². The Balaban J connectivity index is 1.99. The van der Waals surface area contributed by atoms with Gasteiger partial charge in [-0.3, -0.25) is 0 Å². The Morgan fingerprint density at radius 3 is 1.74 bits per heavy atom. The zero-order valence-electron chi connectivity index (χ0n) is 18.8. The third-order valence-corrected chi connectivity index (χ3v) is 6.76. The summed E-state index contributed by atoms with van der Waals surface area (Å²) in [7, 11) is -4.06. The second-order valence-electron chi connectivity index (χ2n) is 7.02. The fourth-order valence-corrected chi connectivity index (χ4v) is 5.13. The molecule has 0 fully saturated rings. The highest BCUT2D eigenvalue weighted by molar-refractivity contribution is 7.52. The van der Waals surface area contributed by atoms with Crippen molar-refractivity contribution in [2.75, 3.05) is 58.6 Å². The Hall–Kier alpha value is -2.47. The lowest BCUT2D eigenvalue weighted by molar-refractivity contribution is 0.0272. The summed E-state index contributed by atoms with van der Waals surface area (Å²) in [5.41, 5.74) is 0. The first-order chi connectivity index (χ1) is 16.7. The van der Waals surface area contributed by atoms with Crippen molar-refractivity contribution in [3.63, 3.8) is 0 Å². The second kappa shape index (κ2) is 14.1. The van der Waals surface area contributed by atoms with Crippen LogP contribution in [0.25, 0.3) is 0 Å². The van der Waals surface area contributed by atoms with Crippen LogP contribution in [0.4, 0.5) is 0 Å². The number of benzene rings is 2. The average Bonchev–Trinajstić information content (AvgIpc) is 2.84. The minimum absolute atomic E-state index is 0.110. The van der Waals surface area contributed by atoms with Gasteiger partial charge in [0.05, 0.1) is 32.5 Å². The lowest BCUT2D eigenvalue weighted by Crippen LogP contribution is -2.29. The van der Waals surface area contributed by atoms with Crippen molar-refractivity contribution >= 4 is 19.3 Å². The Morgan fingerprint density at radius 1 is 0.794 bits per heavy atom. The summed E-state index contributed by atoms with van der Waals surface area (Å²) in [6, 6.07) is 15.8. The molecule has 1 heterocycles. The molecule has 0 spiro atoms. The van der Waals surface area contributed by atoms with E-state index >= 15 is 0 Å². The minimum Gasteiger partial charge on any atom is -0.487 e. The third-order valence-electron chi connectivity index (χ3n) is 4.64. The van der Waals surface area contributed by atoms with Crippen molar-refractivity contribution in [3.8, 4) is 29.1 Å². The van der Waals surface area contributed by atoms with E-state index in [1.807, 2.05) is 0 Å². The maximum Gasteiger partial charge on any atom is 0.515 e. The number of halogens is 1. The molecule has 11 heteroatoms. The summed E-state index contributed by atoms with van der Waals surface area (Å²) in [4.78, 5) is 0. The van der Waals surface area contributed by atoms with E-state index in [0.717, 1.165) is 0 Å². The molecule has 0 amide bonds. The number of alkyl halides is 1. The van der Waals surface area contributed by atoms with Crippen LogP contribution in [0.3, 0.4) is 0 Å². The lowest BCUT2D eigenvalue weighted by Gasteiger charge is -2.30. The van der Waals surface area contributed by atoms with E-state index in [2.05, 4.69) is 6.07 Å². The molecule has 0 bridgehead atoms. The Labute approximate surface area is 204 Å². The molecule has 0 saturated heterocycles. The van der Waals surface area contributed by atoms with Gasteiger partial charge < -0.3 is 28.0 Å². The van der Waals surface area contributed by atoms with Gasteiger partial charge in [-0.05, 0) is 24.3 Å². The van der Waals surface area contributed by atoms with Gasteiger partial charge in [0.2, 0.25) is 0 Å². The van der Waals surface area contributed by atoms with E-state index in [9.17, 15) is 4.57 Å². The third kappa shape index (κ3) is 7.79. The molecule has 0 atom stereocenters. The maximum atomic E-state index is 14.3.